The molecule has 1 saturated heterocycles. The predicted molar refractivity (Wildman–Crippen MR) is 132 cm³/mol. The van der Waals surface area contributed by atoms with Gasteiger partial charge in [-0.05, 0) is 36.8 Å². The molecule has 1 aromatic heterocycles. The molecule has 35 heavy (non-hydrogen) atoms. The van der Waals surface area contributed by atoms with Crippen molar-refractivity contribution in [2.45, 2.75) is 25.8 Å². The van der Waals surface area contributed by atoms with Gasteiger partial charge in [-0.2, -0.15) is 0 Å². The van der Waals surface area contributed by atoms with Crippen molar-refractivity contribution in [2.75, 3.05) is 33.9 Å². The molecule has 0 spiro atoms. The number of carbonyl (C=O) groups is 2. The first-order valence-corrected chi connectivity index (χ1v) is 11.7. The van der Waals surface area contributed by atoms with Crippen molar-refractivity contribution in [3.8, 4) is 11.5 Å². The number of rotatable bonds is 8. The number of carbonyl (C=O) groups excluding carboxylic acids is 2. The molecule has 0 aliphatic carbocycles. The van der Waals surface area contributed by atoms with Crippen LogP contribution >= 0.6 is 0 Å². The van der Waals surface area contributed by atoms with Crippen molar-refractivity contribution in [3.05, 3.63) is 64.7 Å². The fourth-order valence-corrected chi connectivity index (χ4v) is 4.43. The van der Waals surface area contributed by atoms with E-state index in [1.54, 1.807) is 17.0 Å². The summed E-state index contributed by atoms with van der Waals surface area (Å²) in [5.41, 5.74) is 1.38. The molecular formula is C26H30N4O5. The molecule has 4 rings (SSSR count). The monoisotopic (exact) mass is 478 g/mol. The zero-order valence-electron chi connectivity index (χ0n) is 20.0. The minimum Gasteiger partial charge on any atom is -0.493 e. The van der Waals surface area contributed by atoms with Crippen LogP contribution in [0, 0.1) is 5.92 Å². The van der Waals surface area contributed by atoms with Gasteiger partial charge in [0.25, 0.3) is 5.56 Å². The normalized spacial score (nSPS) is 14.1. The lowest BCUT2D eigenvalue weighted by molar-refractivity contribution is -0.134. The largest absolute Gasteiger partial charge is 0.493 e. The molecule has 0 saturated carbocycles. The minimum atomic E-state index is -0.430. The summed E-state index contributed by atoms with van der Waals surface area (Å²) in [5, 5.41) is 2.95. The Bertz CT molecular complexity index is 1250. The molecule has 2 heterocycles. The molecule has 1 aliphatic rings. The van der Waals surface area contributed by atoms with Crippen LogP contribution in [0.15, 0.2) is 53.6 Å². The first-order chi connectivity index (χ1) is 17.0. The molecule has 0 bridgehead atoms. The van der Waals surface area contributed by atoms with E-state index in [0.717, 1.165) is 19.3 Å². The number of likely N-dealkylation sites (tertiary alicyclic amines) is 1. The van der Waals surface area contributed by atoms with Crippen molar-refractivity contribution in [2.24, 2.45) is 5.92 Å². The van der Waals surface area contributed by atoms with Crippen LogP contribution in [0.1, 0.15) is 18.4 Å². The summed E-state index contributed by atoms with van der Waals surface area (Å²) in [6.07, 6.45) is 4.23. The summed E-state index contributed by atoms with van der Waals surface area (Å²) < 4.78 is 11.7. The topological polar surface area (TPSA) is 103 Å². The zero-order chi connectivity index (χ0) is 24.8. The molecule has 2 amide bonds. The molecule has 1 N–H and O–H groups in total. The first kappa shape index (κ1) is 24.3. The van der Waals surface area contributed by atoms with E-state index in [2.05, 4.69) is 22.4 Å². The van der Waals surface area contributed by atoms with Crippen molar-refractivity contribution < 1.29 is 19.1 Å². The summed E-state index contributed by atoms with van der Waals surface area (Å²) in [6, 6.07) is 13.5. The Balaban J connectivity index is 1.29. The molecule has 184 valence electrons. The molecule has 1 aliphatic heterocycles. The number of piperidine rings is 1. The molecule has 0 atom stereocenters. The fraction of sp³-hybridized carbons (Fsp3) is 0.385. The Morgan fingerprint density at radius 3 is 2.43 bits per heavy atom. The maximum atomic E-state index is 12.9. The Labute approximate surface area is 203 Å². The van der Waals surface area contributed by atoms with E-state index in [9.17, 15) is 14.4 Å². The smallest absolute Gasteiger partial charge is 0.261 e. The second-order valence-corrected chi connectivity index (χ2v) is 8.69. The van der Waals surface area contributed by atoms with Crippen LogP contribution in [0.3, 0.4) is 0 Å². The van der Waals surface area contributed by atoms with Crippen LogP contribution in [0.25, 0.3) is 10.9 Å². The van der Waals surface area contributed by atoms with E-state index in [0.29, 0.717) is 41.4 Å². The highest BCUT2D eigenvalue weighted by atomic mass is 16.5. The van der Waals surface area contributed by atoms with E-state index in [1.165, 1.54) is 30.7 Å². The molecule has 3 aromatic rings. The quantitative estimate of drug-likeness (QED) is 0.531. The fourth-order valence-electron chi connectivity index (χ4n) is 4.43. The van der Waals surface area contributed by atoms with Crippen molar-refractivity contribution in [3.63, 3.8) is 0 Å². The van der Waals surface area contributed by atoms with Gasteiger partial charge in [0, 0.05) is 19.2 Å². The van der Waals surface area contributed by atoms with Gasteiger partial charge >= 0.3 is 0 Å². The number of hydrogen-bond acceptors (Lipinski definition) is 6. The lowest BCUT2D eigenvalue weighted by atomic mass is 9.90. The van der Waals surface area contributed by atoms with E-state index in [-0.39, 0.29) is 24.6 Å². The van der Waals surface area contributed by atoms with Crippen LogP contribution in [-0.4, -0.2) is 60.1 Å². The Morgan fingerprint density at radius 1 is 1.06 bits per heavy atom. The van der Waals surface area contributed by atoms with E-state index < -0.39 is 5.91 Å². The lowest BCUT2D eigenvalue weighted by Gasteiger charge is -2.32. The van der Waals surface area contributed by atoms with E-state index in [4.69, 9.17) is 9.47 Å². The van der Waals surface area contributed by atoms with Crippen LogP contribution in [-0.2, 0) is 22.6 Å². The van der Waals surface area contributed by atoms with Gasteiger partial charge in [0.05, 0.1) is 38.0 Å². The van der Waals surface area contributed by atoms with Gasteiger partial charge < -0.3 is 19.7 Å². The number of nitrogens with zero attached hydrogens (tertiary/aromatic N) is 3. The first-order valence-electron chi connectivity index (χ1n) is 11.7. The van der Waals surface area contributed by atoms with Gasteiger partial charge in [0.1, 0.15) is 6.54 Å². The van der Waals surface area contributed by atoms with Gasteiger partial charge in [0.2, 0.25) is 11.8 Å². The molecular weight excluding hydrogens is 448 g/mol. The second kappa shape index (κ2) is 11.0. The Morgan fingerprint density at radius 2 is 1.74 bits per heavy atom. The standard InChI is InChI=1S/C26H30N4O5/c1-34-22-13-20-21(14-23(22)35-2)28-17-30(26(20)33)16-24(31)27-15-25(32)29-10-8-19(9-11-29)12-18-6-4-3-5-7-18/h3-7,13-14,17,19H,8-12,15-16H2,1-2H3,(H,27,31). The molecule has 0 radical (unpaired) electrons. The van der Waals surface area contributed by atoms with Crippen molar-refractivity contribution >= 4 is 22.7 Å². The van der Waals surface area contributed by atoms with Crippen molar-refractivity contribution in [1.82, 2.24) is 19.8 Å². The molecule has 2 aromatic carbocycles. The summed E-state index contributed by atoms with van der Waals surface area (Å²) >= 11 is 0. The predicted octanol–water partition coefficient (Wildman–Crippen LogP) is 2.01. The summed E-state index contributed by atoms with van der Waals surface area (Å²) in [7, 11) is 2.98. The highest BCUT2D eigenvalue weighted by molar-refractivity contribution is 5.85. The molecule has 9 nitrogen and oxygen atoms in total. The SMILES string of the molecule is COc1cc2ncn(CC(=O)NCC(=O)N3CCC(Cc4ccccc4)CC3)c(=O)c2cc1OC. The van der Waals surface area contributed by atoms with Crippen molar-refractivity contribution in [1.29, 1.82) is 0 Å². The third kappa shape index (κ3) is 5.79. The average Bonchev–Trinajstić information content (AvgIpc) is 2.89. The number of methoxy groups -OCH3 is 2. The highest BCUT2D eigenvalue weighted by Crippen LogP contribution is 2.29. The highest BCUT2D eigenvalue weighted by Gasteiger charge is 2.23. The van der Waals surface area contributed by atoms with E-state index >= 15 is 0 Å². The summed E-state index contributed by atoms with van der Waals surface area (Å²) in [4.78, 5) is 44.0. The van der Waals surface area contributed by atoms with Gasteiger partial charge in [-0.15, -0.1) is 0 Å². The summed E-state index contributed by atoms with van der Waals surface area (Å²) in [5.74, 6) is 0.879. The molecule has 1 fully saturated rings. The van der Waals surface area contributed by atoms with Gasteiger partial charge in [0.15, 0.2) is 11.5 Å². The number of nitrogens with one attached hydrogen (secondary N) is 1. The Kier molecular flexibility index (Phi) is 7.64. The third-order valence-corrected chi connectivity index (χ3v) is 6.41. The number of amides is 2. The number of ether oxygens (including phenoxy) is 2. The minimum absolute atomic E-state index is 0.0943. The number of fused-ring (bicyclic) bond motifs is 1. The van der Waals surface area contributed by atoms with Crippen LogP contribution < -0.4 is 20.3 Å². The third-order valence-electron chi connectivity index (χ3n) is 6.41. The van der Waals surface area contributed by atoms with Crippen LogP contribution in [0.4, 0.5) is 0 Å². The zero-order valence-corrected chi connectivity index (χ0v) is 20.0. The second-order valence-electron chi connectivity index (χ2n) is 8.69. The number of aromatic nitrogens is 2. The maximum Gasteiger partial charge on any atom is 0.261 e. The molecule has 0 unspecified atom stereocenters. The van der Waals surface area contributed by atoms with Gasteiger partial charge in [-0.1, -0.05) is 30.3 Å². The van der Waals surface area contributed by atoms with Crippen LogP contribution in [0.5, 0.6) is 11.5 Å². The maximum absolute atomic E-state index is 12.9. The number of benzene rings is 2. The van der Waals surface area contributed by atoms with Gasteiger partial charge in [-0.25, -0.2) is 4.98 Å². The lowest BCUT2D eigenvalue weighted by Crippen LogP contribution is -2.45. The number of hydrogen-bond donors (Lipinski definition) is 1. The van der Waals surface area contributed by atoms with Crippen LogP contribution in [0.2, 0.25) is 0 Å². The average molecular weight is 479 g/mol. The molecule has 9 heteroatoms. The van der Waals surface area contributed by atoms with E-state index in [1.807, 2.05) is 18.2 Å². The Hall–Kier alpha value is -3.88. The summed E-state index contributed by atoms with van der Waals surface area (Å²) in [6.45, 7) is 1.04. The van der Waals surface area contributed by atoms with Gasteiger partial charge in [-0.3, -0.25) is 19.0 Å².